The third-order valence-electron chi connectivity index (χ3n) is 10.7. The van der Waals surface area contributed by atoms with Crippen LogP contribution in [0.2, 0.25) is 0 Å². The van der Waals surface area contributed by atoms with Crippen LogP contribution in [0, 0.1) is 17.8 Å². The fourth-order valence-corrected chi connectivity index (χ4v) is 15.5. The summed E-state index contributed by atoms with van der Waals surface area (Å²) in [6.07, 6.45) is 46.3. The molecule has 0 radical (unpaired) electrons. The Morgan fingerprint density at radius 3 is 0.745 bits per heavy atom. The molecule has 0 aliphatic carbocycles. The number of unbranched alkanes of at least 4 members (excludes halogenated alkanes) is 20. The zero-order chi connectivity index (χ0) is 35.7. The third kappa shape index (κ3) is 35.1. The summed E-state index contributed by atoms with van der Waals surface area (Å²) in [7, 11) is 2.11. The number of rotatable bonds is 34. The van der Waals surface area contributed by atoms with Crippen molar-refractivity contribution < 1.29 is 0 Å². The molecular formula is C45H98P2. The Kier molecular flexibility index (Phi) is 37.5. The molecule has 0 heterocycles. The molecule has 0 aliphatic heterocycles. The van der Waals surface area contributed by atoms with Crippen LogP contribution in [0.5, 0.6) is 0 Å². The quantitative estimate of drug-likeness (QED) is 0.0463. The van der Waals surface area contributed by atoms with Crippen molar-refractivity contribution in [2.75, 3.05) is 24.6 Å². The SMILES string of the molecule is CC(C)CC(P)(CC(C)C)CC(C)C.CCCCCCCCCCCCCC[PH](CCCCCC)(CCCCCC)CCCCCC. The van der Waals surface area contributed by atoms with Gasteiger partial charge in [0.05, 0.1) is 0 Å². The third-order valence-corrected chi connectivity index (χ3v) is 17.1. The Morgan fingerprint density at radius 1 is 0.340 bits per heavy atom. The van der Waals surface area contributed by atoms with Crippen LogP contribution in [0.15, 0.2) is 0 Å². The van der Waals surface area contributed by atoms with Gasteiger partial charge in [-0.25, -0.2) is 0 Å². The molecule has 0 amide bonds. The predicted octanol–water partition coefficient (Wildman–Crippen LogP) is 16.9. The molecule has 0 aromatic rings. The van der Waals surface area contributed by atoms with Gasteiger partial charge in [-0.3, -0.25) is 0 Å². The summed E-state index contributed by atoms with van der Waals surface area (Å²) in [6.45, 7) is 23.4. The standard InChI is InChI=1S/C32H69P.C13H29P/c1-5-9-13-17-18-19-20-21-22-23-24-28-32-33(29-25-14-10-6-2,30-26-15-11-7-3)31-27-16-12-8-4;1-10(2)7-13(14,8-11(3)4)9-12(5)6/h33H,5-32H2,1-4H3;10-12H,7-9,14H2,1-6H3. The minimum absolute atomic E-state index is 0.483. The van der Waals surface area contributed by atoms with Gasteiger partial charge in [-0.05, 0) is 42.2 Å². The first-order chi connectivity index (χ1) is 22.5. The molecule has 0 bridgehead atoms. The van der Waals surface area contributed by atoms with Crippen molar-refractivity contribution >= 4 is 16.5 Å². The summed E-state index contributed by atoms with van der Waals surface area (Å²) in [6, 6.07) is 0. The molecule has 288 valence electrons. The molecule has 0 rings (SSSR count). The van der Waals surface area contributed by atoms with Gasteiger partial charge in [0, 0.05) is 0 Å². The maximum atomic E-state index is 3.15. The number of hydrogen-bond donors (Lipinski definition) is 0. The summed E-state index contributed by atoms with van der Waals surface area (Å²) >= 11 is 0. The van der Waals surface area contributed by atoms with Gasteiger partial charge in [-0.2, -0.15) is 0 Å². The van der Waals surface area contributed by atoms with Crippen molar-refractivity contribution in [3.63, 3.8) is 0 Å². The van der Waals surface area contributed by atoms with Crippen molar-refractivity contribution in [2.45, 2.75) is 248 Å². The van der Waals surface area contributed by atoms with Crippen LogP contribution in [-0.4, -0.2) is 29.8 Å². The molecule has 0 spiro atoms. The topological polar surface area (TPSA) is 0 Å². The van der Waals surface area contributed by atoms with E-state index in [2.05, 4.69) is 78.5 Å². The molecule has 0 aliphatic rings. The first-order valence-corrected chi connectivity index (χ1v) is 25.7. The molecule has 1 unspecified atom stereocenters. The molecule has 0 aromatic carbocycles. The van der Waals surface area contributed by atoms with E-state index in [1.807, 2.05) is 0 Å². The van der Waals surface area contributed by atoms with Crippen molar-refractivity contribution in [2.24, 2.45) is 17.8 Å². The molecule has 0 N–H and O–H groups in total. The monoisotopic (exact) mass is 701 g/mol. The molecule has 0 saturated carbocycles. The van der Waals surface area contributed by atoms with Crippen LogP contribution < -0.4 is 0 Å². The van der Waals surface area contributed by atoms with E-state index < -0.39 is 7.26 Å². The van der Waals surface area contributed by atoms with Gasteiger partial charge in [0.25, 0.3) is 0 Å². The molecular weight excluding hydrogens is 602 g/mol. The van der Waals surface area contributed by atoms with E-state index in [1.54, 1.807) is 50.3 Å². The van der Waals surface area contributed by atoms with Crippen LogP contribution in [0.3, 0.4) is 0 Å². The Labute approximate surface area is 305 Å². The molecule has 0 fully saturated rings. The fourth-order valence-electron chi connectivity index (χ4n) is 8.56. The van der Waals surface area contributed by atoms with Gasteiger partial charge in [-0.1, -0.05) is 54.9 Å². The first-order valence-electron chi connectivity index (χ1n) is 22.3. The van der Waals surface area contributed by atoms with Gasteiger partial charge in [0.2, 0.25) is 0 Å². The maximum absolute atomic E-state index is 3.15. The van der Waals surface area contributed by atoms with E-state index >= 15 is 0 Å². The first kappa shape index (κ1) is 50.0. The molecule has 0 aromatic heterocycles. The average Bonchev–Trinajstić information content (AvgIpc) is 2.99. The second-order valence-electron chi connectivity index (χ2n) is 17.7. The van der Waals surface area contributed by atoms with Gasteiger partial charge < -0.3 is 0 Å². The van der Waals surface area contributed by atoms with Gasteiger partial charge in [0.1, 0.15) is 0 Å². The Bertz CT molecular complexity index is 537. The average molecular weight is 701 g/mol. The van der Waals surface area contributed by atoms with Crippen LogP contribution in [0.4, 0.5) is 0 Å². The van der Waals surface area contributed by atoms with Gasteiger partial charge >= 0.3 is 200 Å². The zero-order valence-electron chi connectivity index (χ0n) is 35.2. The second kappa shape index (κ2) is 35.3. The second-order valence-corrected chi connectivity index (χ2v) is 24.0. The molecule has 47 heavy (non-hydrogen) atoms. The van der Waals surface area contributed by atoms with Crippen molar-refractivity contribution in [3.05, 3.63) is 0 Å². The Hall–Kier alpha value is 0.860. The molecule has 0 nitrogen and oxygen atoms in total. The van der Waals surface area contributed by atoms with E-state index in [1.165, 1.54) is 148 Å². The number of hydrogen-bond acceptors (Lipinski definition) is 0. The molecule has 1 atom stereocenters. The molecule has 2 heteroatoms. The predicted molar refractivity (Wildman–Crippen MR) is 232 cm³/mol. The Balaban J connectivity index is 0. The Morgan fingerprint density at radius 2 is 0.532 bits per heavy atom. The fraction of sp³-hybridized carbons (Fsp3) is 1.00. The summed E-state index contributed by atoms with van der Waals surface area (Å²) in [4.78, 5) is 0. The van der Waals surface area contributed by atoms with Crippen molar-refractivity contribution in [3.8, 4) is 0 Å². The van der Waals surface area contributed by atoms with E-state index in [9.17, 15) is 0 Å². The van der Waals surface area contributed by atoms with Crippen LogP contribution in [-0.2, 0) is 0 Å². The van der Waals surface area contributed by atoms with E-state index in [0.717, 1.165) is 17.8 Å². The summed E-state index contributed by atoms with van der Waals surface area (Å²) < 4.78 is 0. The van der Waals surface area contributed by atoms with Gasteiger partial charge in [0.15, 0.2) is 0 Å². The summed E-state index contributed by atoms with van der Waals surface area (Å²) in [5, 5.41) is 0.483. The summed E-state index contributed by atoms with van der Waals surface area (Å²) in [5.74, 6) is 2.43. The normalized spacial score (nSPS) is 12.7. The van der Waals surface area contributed by atoms with Crippen molar-refractivity contribution in [1.29, 1.82) is 0 Å². The zero-order valence-corrected chi connectivity index (χ0v) is 37.4. The van der Waals surface area contributed by atoms with Gasteiger partial charge in [-0.15, -0.1) is 9.24 Å². The van der Waals surface area contributed by atoms with E-state index in [0.29, 0.717) is 5.16 Å². The van der Waals surface area contributed by atoms with Crippen LogP contribution >= 0.6 is 16.5 Å². The summed E-state index contributed by atoms with van der Waals surface area (Å²) in [5.41, 5.74) is 0. The van der Waals surface area contributed by atoms with Crippen molar-refractivity contribution in [1.82, 2.24) is 0 Å². The molecule has 0 saturated heterocycles. The minimum atomic E-state index is -1.04. The van der Waals surface area contributed by atoms with E-state index in [-0.39, 0.29) is 0 Å². The van der Waals surface area contributed by atoms with E-state index in [4.69, 9.17) is 0 Å². The van der Waals surface area contributed by atoms with Crippen LogP contribution in [0.25, 0.3) is 0 Å². The van der Waals surface area contributed by atoms with Crippen LogP contribution in [0.1, 0.15) is 243 Å².